The van der Waals surface area contributed by atoms with Gasteiger partial charge in [0.2, 0.25) is 0 Å². The largest absolute Gasteiger partial charge is 0.0622 e. The van der Waals surface area contributed by atoms with E-state index < -0.39 is 0 Å². The minimum absolute atomic E-state index is 0.0820. The standard InChI is InChI=1S/C39H32/c1-39(27-28-13-5-2-6-14-28,33-23-31-19-11-21-35(37(31)25-33)29-15-7-3-8-16-29)34-24-32-20-12-22-36(38(32)26-34)30-17-9-4-10-18-30/h2-22,25-26H,23-24,27H2,1H3. The second kappa shape index (κ2) is 9.71. The van der Waals surface area contributed by atoms with Crippen molar-refractivity contribution in [2.75, 3.05) is 0 Å². The third kappa shape index (κ3) is 4.27. The van der Waals surface area contributed by atoms with Crippen LogP contribution in [-0.2, 0) is 19.3 Å². The molecular weight excluding hydrogens is 468 g/mol. The molecule has 0 heteroatoms. The van der Waals surface area contributed by atoms with Crippen LogP contribution in [0.25, 0.3) is 34.4 Å². The smallest absolute Gasteiger partial charge is 0.0146 e. The Balaban J connectivity index is 1.35. The minimum atomic E-state index is -0.0820. The van der Waals surface area contributed by atoms with Gasteiger partial charge in [-0.15, -0.1) is 0 Å². The van der Waals surface area contributed by atoms with E-state index in [0.29, 0.717) is 0 Å². The van der Waals surface area contributed by atoms with Gasteiger partial charge in [0.25, 0.3) is 0 Å². The average Bonchev–Trinajstić information content (AvgIpc) is 3.64. The molecule has 2 aliphatic carbocycles. The van der Waals surface area contributed by atoms with Crippen molar-refractivity contribution >= 4 is 12.2 Å². The van der Waals surface area contributed by atoms with E-state index in [0.717, 1.165) is 19.3 Å². The van der Waals surface area contributed by atoms with Crippen LogP contribution >= 0.6 is 0 Å². The van der Waals surface area contributed by atoms with Gasteiger partial charge in [0.1, 0.15) is 0 Å². The van der Waals surface area contributed by atoms with Crippen molar-refractivity contribution in [1.82, 2.24) is 0 Å². The van der Waals surface area contributed by atoms with E-state index in [-0.39, 0.29) is 5.41 Å². The summed E-state index contributed by atoms with van der Waals surface area (Å²) in [6.45, 7) is 2.49. The van der Waals surface area contributed by atoms with Crippen molar-refractivity contribution in [2.24, 2.45) is 5.41 Å². The Morgan fingerprint density at radius 2 is 0.923 bits per heavy atom. The molecule has 0 aromatic heterocycles. The molecule has 0 radical (unpaired) electrons. The summed E-state index contributed by atoms with van der Waals surface area (Å²) in [5, 5.41) is 0. The van der Waals surface area contributed by atoms with Crippen molar-refractivity contribution < 1.29 is 0 Å². The molecule has 39 heavy (non-hydrogen) atoms. The van der Waals surface area contributed by atoms with E-state index in [4.69, 9.17) is 0 Å². The number of benzene rings is 5. The zero-order valence-corrected chi connectivity index (χ0v) is 22.4. The van der Waals surface area contributed by atoms with Crippen molar-refractivity contribution in [3.05, 3.63) is 166 Å². The predicted octanol–water partition coefficient (Wildman–Crippen LogP) is 9.85. The van der Waals surface area contributed by atoms with Crippen molar-refractivity contribution in [2.45, 2.75) is 26.2 Å². The molecule has 0 spiro atoms. The number of hydrogen-bond donors (Lipinski definition) is 0. The molecule has 0 saturated heterocycles. The number of allylic oxidation sites excluding steroid dienone is 2. The van der Waals surface area contributed by atoms with Gasteiger partial charge in [-0.05, 0) is 69.3 Å². The third-order valence-corrected chi connectivity index (χ3v) is 8.78. The van der Waals surface area contributed by atoms with E-state index in [1.165, 1.54) is 61.2 Å². The first kappa shape index (κ1) is 23.7. The molecule has 0 unspecified atom stereocenters. The Morgan fingerprint density at radius 1 is 0.487 bits per heavy atom. The molecule has 188 valence electrons. The first-order valence-electron chi connectivity index (χ1n) is 14.0. The molecule has 0 heterocycles. The number of hydrogen-bond acceptors (Lipinski definition) is 0. The van der Waals surface area contributed by atoms with E-state index in [2.05, 4.69) is 146 Å². The van der Waals surface area contributed by atoms with Gasteiger partial charge in [-0.2, -0.15) is 0 Å². The minimum Gasteiger partial charge on any atom is -0.0622 e. The molecule has 5 aromatic rings. The molecule has 0 N–H and O–H groups in total. The average molecular weight is 501 g/mol. The maximum absolute atomic E-state index is 2.52. The maximum Gasteiger partial charge on any atom is 0.0146 e. The summed E-state index contributed by atoms with van der Waals surface area (Å²) >= 11 is 0. The second-order valence-corrected chi connectivity index (χ2v) is 11.2. The van der Waals surface area contributed by atoms with Crippen LogP contribution in [0.4, 0.5) is 0 Å². The molecule has 0 saturated carbocycles. The Hall–Kier alpha value is -4.42. The Labute approximate surface area is 232 Å². The van der Waals surface area contributed by atoms with Gasteiger partial charge in [-0.25, -0.2) is 0 Å². The molecule has 0 aliphatic heterocycles. The summed E-state index contributed by atoms with van der Waals surface area (Å²) in [6, 6.07) is 46.3. The molecule has 7 rings (SSSR count). The van der Waals surface area contributed by atoms with Crippen LogP contribution in [0.1, 0.15) is 34.7 Å². The van der Waals surface area contributed by atoms with E-state index in [9.17, 15) is 0 Å². The van der Waals surface area contributed by atoms with E-state index in [1.54, 1.807) is 0 Å². The molecule has 0 fully saturated rings. The first-order valence-corrected chi connectivity index (χ1v) is 14.0. The zero-order chi connectivity index (χ0) is 26.2. The van der Waals surface area contributed by atoms with E-state index in [1.807, 2.05) is 0 Å². The van der Waals surface area contributed by atoms with Gasteiger partial charge in [-0.3, -0.25) is 0 Å². The predicted molar refractivity (Wildman–Crippen MR) is 165 cm³/mol. The lowest BCUT2D eigenvalue weighted by Crippen LogP contribution is -2.25. The topological polar surface area (TPSA) is 0 Å². The lowest BCUT2D eigenvalue weighted by Gasteiger charge is -2.34. The summed E-state index contributed by atoms with van der Waals surface area (Å²) in [5.74, 6) is 0. The van der Waals surface area contributed by atoms with Crippen LogP contribution in [0.2, 0.25) is 0 Å². The summed E-state index contributed by atoms with van der Waals surface area (Å²) < 4.78 is 0. The quantitative estimate of drug-likeness (QED) is 0.218. The normalized spacial score (nSPS) is 14.0. The van der Waals surface area contributed by atoms with Gasteiger partial charge in [0, 0.05) is 5.41 Å². The van der Waals surface area contributed by atoms with Crippen LogP contribution in [0.3, 0.4) is 0 Å². The summed E-state index contributed by atoms with van der Waals surface area (Å²) in [7, 11) is 0. The fraction of sp³-hybridized carbons (Fsp3) is 0.128. The fourth-order valence-corrected chi connectivity index (χ4v) is 6.62. The summed E-state index contributed by atoms with van der Waals surface area (Å²) in [6.07, 6.45) is 8.02. The maximum atomic E-state index is 2.52. The lowest BCUT2D eigenvalue weighted by molar-refractivity contribution is 0.466. The van der Waals surface area contributed by atoms with Gasteiger partial charge in [0.15, 0.2) is 0 Å². The molecule has 5 aromatic carbocycles. The highest BCUT2D eigenvalue weighted by Crippen LogP contribution is 2.50. The van der Waals surface area contributed by atoms with Gasteiger partial charge < -0.3 is 0 Å². The molecule has 0 atom stereocenters. The van der Waals surface area contributed by atoms with Crippen LogP contribution in [0.5, 0.6) is 0 Å². The number of fused-ring (bicyclic) bond motifs is 2. The third-order valence-electron chi connectivity index (χ3n) is 8.78. The van der Waals surface area contributed by atoms with Crippen molar-refractivity contribution in [1.29, 1.82) is 0 Å². The Morgan fingerprint density at radius 3 is 1.38 bits per heavy atom. The molecule has 2 aliphatic rings. The Kier molecular flexibility index (Phi) is 5.90. The monoisotopic (exact) mass is 500 g/mol. The summed E-state index contributed by atoms with van der Waals surface area (Å²) in [4.78, 5) is 0. The molecular formula is C39H32. The summed E-state index contributed by atoms with van der Waals surface area (Å²) in [5.41, 5.74) is 15.2. The van der Waals surface area contributed by atoms with Crippen LogP contribution < -0.4 is 0 Å². The second-order valence-electron chi connectivity index (χ2n) is 11.2. The van der Waals surface area contributed by atoms with Crippen LogP contribution in [0.15, 0.2) is 139 Å². The number of rotatable bonds is 6. The Bertz CT molecular complexity index is 1600. The molecule has 0 nitrogen and oxygen atoms in total. The highest BCUT2D eigenvalue weighted by molar-refractivity contribution is 5.84. The highest BCUT2D eigenvalue weighted by atomic mass is 14.4. The lowest BCUT2D eigenvalue weighted by atomic mass is 9.70. The van der Waals surface area contributed by atoms with Gasteiger partial charge in [0.05, 0.1) is 0 Å². The van der Waals surface area contributed by atoms with Gasteiger partial charge in [-0.1, -0.05) is 158 Å². The SMILES string of the molecule is CC(Cc1ccccc1)(C1=Cc2c(cccc2-c2ccccc2)C1)C1=Cc2c(cccc2-c2ccccc2)C1. The van der Waals surface area contributed by atoms with Crippen LogP contribution in [-0.4, -0.2) is 0 Å². The fourth-order valence-electron chi connectivity index (χ4n) is 6.62. The molecule has 0 amide bonds. The first-order chi connectivity index (χ1) is 19.2. The van der Waals surface area contributed by atoms with E-state index >= 15 is 0 Å². The van der Waals surface area contributed by atoms with Gasteiger partial charge >= 0.3 is 0 Å². The van der Waals surface area contributed by atoms with Crippen molar-refractivity contribution in [3.63, 3.8) is 0 Å². The van der Waals surface area contributed by atoms with Crippen molar-refractivity contribution in [3.8, 4) is 22.3 Å². The highest BCUT2D eigenvalue weighted by Gasteiger charge is 2.38. The van der Waals surface area contributed by atoms with Crippen LogP contribution in [0, 0.1) is 5.41 Å². The zero-order valence-electron chi connectivity index (χ0n) is 22.4. The molecule has 0 bridgehead atoms.